The van der Waals surface area contributed by atoms with Crippen molar-refractivity contribution in [2.75, 3.05) is 23.9 Å². The van der Waals surface area contributed by atoms with Gasteiger partial charge in [0.15, 0.2) is 5.78 Å². The highest BCUT2D eigenvalue weighted by molar-refractivity contribution is 6.02. The van der Waals surface area contributed by atoms with E-state index in [-0.39, 0.29) is 16.6 Å². The van der Waals surface area contributed by atoms with Crippen molar-refractivity contribution in [3.05, 3.63) is 83.2 Å². The fraction of sp³-hybridized carbons (Fsp3) is 0.320. The normalized spacial score (nSPS) is 21.9. The van der Waals surface area contributed by atoms with Gasteiger partial charge >= 0.3 is 0 Å². The molecule has 0 bridgehead atoms. The number of likely N-dealkylation sites (N-methyl/N-ethyl adjacent to an activating group) is 2. The average Bonchev–Trinajstić information content (AvgIpc) is 2.98. The van der Waals surface area contributed by atoms with E-state index in [9.17, 15) is 4.79 Å². The molecule has 0 amide bonds. The average molecular weight is 373 g/mol. The maximum Gasteiger partial charge on any atom is 0.182 e. The van der Waals surface area contributed by atoms with Crippen LogP contribution in [0.2, 0.25) is 0 Å². The number of fused-ring (bicyclic) bond motifs is 2. The summed E-state index contributed by atoms with van der Waals surface area (Å²) in [5.74, 6) is 0.0328. The van der Waals surface area contributed by atoms with Crippen LogP contribution in [-0.2, 0) is 15.6 Å². The van der Waals surface area contributed by atoms with Gasteiger partial charge in [0, 0.05) is 59.8 Å². The van der Waals surface area contributed by atoms with Gasteiger partial charge in [-0.15, -0.1) is 0 Å². The van der Waals surface area contributed by atoms with Crippen LogP contribution >= 0.6 is 0 Å². The fourth-order valence-corrected chi connectivity index (χ4v) is 4.83. The van der Waals surface area contributed by atoms with Crippen LogP contribution in [0.5, 0.6) is 0 Å². The van der Waals surface area contributed by atoms with Crippen LogP contribution in [0, 0.1) is 0 Å². The van der Waals surface area contributed by atoms with Crippen molar-refractivity contribution < 1.29 is 4.79 Å². The van der Waals surface area contributed by atoms with E-state index in [2.05, 4.69) is 73.9 Å². The predicted octanol–water partition coefficient (Wildman–Crippen LogP) is 5.18. The van der Waals surface area contributed by atoms with Crippen LogP contribution in [0.15, 0.2) is 72.1 Å². The second-order valence-corrected chi connectivity index (χ2v) is 8.86. The maximum absolute atomic E-state index is 13.1. The molecule has 2 aromatic rings. The molecule has 0 saturated heterocycles. The van der Waals surface area contributed by atoms with Crippen molar-refractivity contribution in [2.24, 2.45) is 0 Å². The summed E-state index contributed by atoms with van der Waals surface area (Å²) >= 11 is 0. The molecule has 2 aliphatic heterocycles. The molecule has 2 heterocycles. The minimum Gasteiger partial charge on any atom is -0.347 e. The van der Waals surface area contributed by atoms with Crippen LogP contribution in [0.25, 0.3) is 0 Å². The third-order valence-electron chi connectivity index (χ3n) is 6.44. The van der Waals surface area contributed by atoms with Gasteiger partial charge in [-0.25, -0.2) is 0 Å². The van der Waals surface area contributed by atoms with Gasteiger partial charge in [0.2, 0.25) is 0 Å². The summed E-state index contributed by atoms with van der Waals surface area (Å²) in [7, 11) is 4.09. The van der Waals surface area contributed by atoms with Gasteiger partial charge in [0.25, 0.3) is 0 Å². The molecule has 0 unspecified atom stereocenters. The monoisotopic (exact) mass is 372 g/mol. The highest BCUT2D eigenvalue weighted by atomic mass is 16.1. The van der Waals surface area contributed by atoms with E-state index < -0.39 is 0 Å². The first-order chi connectivity index (χ1) is 13.2. The molecule has 2 aliphatic rings. The molecular formula is C25H28N2O. The SMILES string of the molecule is CN1/C(=C\C(=O)/C=C2\N(C)c3ccccc3C2(C)C)C(C)(C)c2ccccc21. The summed E-state index contributed by atoms with van der Waals surface area (Å²) < 4.78 is 0. The second kappa shape index (κ2) is 6.10. The van der Waals surface area contributed by atoms with E-state index in [1.165, 1.54) is 22.5 Å². The zero-order valence-electron chi connectivity index (χ0n) is 17.6. The summed E-state index contributed by atoms with van der Waals surface area (Å²) in [5.41, 5.74) is 6.54. The number of carbonyl (C=O) groups is 1. The number of rotatable bonds is 2. The first-order valence-corrected chi connectivity index (χ1v) is 9.80. The van der Waals surface area contributed by atoms with Crippen LogP contribution < -0.4 is 9.80 Å². The summed E-state index contributed by atoms with van der Waals surface area (Å²) in [4.78, 5) is 17.4. The Morgan fingerprint density at radius 3 is 1.43 bits per heavy atom. The highest BCUT2D eigenvalue weighted by Crippen LogP contribution is 2.48. The minimum absolute atomic E-state index is 0.0328. The number of anilines is 2. The summed E-state index contributed by atoms with van der Waals surface area (Å²) in [5, 5.41) is 0. The molecule has 2 aromatic carbocycles. The van der Waals surface area contributed by atoms with Crippen molar-refractivity contribution >= 4 is 17.2 Å². The predicted molar refractivity (Wildman–Crippen MR) is 117 cm³/mol. The lowest BCUT2D eigenvalue weighted by atomic mass is 9.82. The minimum atomic E-state index is -0.195. The molecule has 28 heavy (non-hydrogen) atoms. The molecule has 3 heteroatoms. The van der Waals surface area contributed by atoms with Crippen molar-refractivity contribution in [3.63, 3.8) is 0 Å². The van der Waals surface area contributed by atoms with E-state index in [1.54, 1.807) is 12.2 Å². The Balaban J connectivity index is 1.72. The van der Waals surface area contributed by atoms with Gasteiger partial charge in [-0.3, -0.25) is 4.79 Å². The molecule has 0 aromatic heterocycles. The van der Waals surface area contributed by atoms with Gasteiger partial charge in [-0.05, 0) is 23.3 Å². The Hall–Kier alpha value is -2.81. The molecule has 0 radical (unpaired) electrons. The molecule has 0 atom stereocenters. The quantitative estimate of drug-likeness (QED) is 0.679. The highest BCUT2D eigenvalue weighted by Gasteiger charge is 2.40. The van der Waals surface area contributed by atoms with E-state index in [4.69, 9.17) is 0 Å². The molecule has 3 nitrogen and oxygen atoms in total. The van der Waals surface area contributed by atoms with Crippen LogP contribution in [0.1, 0.15) is 38.8 Å². The Labute approximate surface area is 168 Å². The van der Waals surface area contributed by atoms with Crippen molar-refractivity contribution in [1.29, 1.82) is 0 Å². The molecule has 0 spiro atoms. The molecular weight excluding hydrogens is 344 g/mol. The van der Waals surface area contributed by atoms with Gasteiger partial charge in [-0.2, -0.15) is 0 Å². The number of nitrogens with zero attached hydrogens (tertiary/aromatic N) is 2. The third-order valence-corrected chi connectivity index (χ3v) is 6.44. The summed E-state index contributed by atoms with van der Waals surface area (Å²) in [6, 6.07) is 16.8. The standard InChI is InChI=1S/C25H28N2O/c1-24(2)18-11-7-9-13-20(18)26(5)22(24)15-17(28)16-23-25(3,4)19-12-8-10-14-21(19)27(23)6/h7-16H,1-6H3/b22-15-,23-16-. The molecule has 4 rings (SSSR count). The lowest BCUT2D eigenvalue weighted by Gasteiger charge is -2.25. The lowest BCUT2D eigenvalue weighted by Crippen LogP contribution is -2.25. The molecule has 0 aliphatic carbocycles. The fourth-order valence-electron chi connectivity index (χ4n) is 4.83. The number of allylic oxidation sites excluding steroid dienone is 4. The number of carbonyl (C=O) groups excluding carboxylic acids is 1. The molecule has 144 valence electrons. The maximum atomic E-state index is 13.1. The van der Waals surface area contributed by atoms with Gasteiger partial charge < -0.3 is 9.80 Å². The molecule has 0 fully saturated rings. The van der Waals surface area contributed by atoms with E-state index >= 15 is 0 Å². The van der Waals surface area contributed by atoms with Crippen molar-refractivity contribution in [1.82, 2.24) is 0 Å². The zero-order chi connectivity index (χ0) is 20.3. The topological polar surface area (TPSA) is 23.6 Å². The van der Waals surface area contributed by atoms with Crippen molar-refractivity contribution in [3.8, 4) is 0 Å². The second-order valence-electron chi connectivity index (χ2n) is 8.86. The largest absolute Gasteiger partial charge is 0.347 e. The Bertz CT molecular complexity index is 945. The molecule has 0 saturated carbocycles. The smallest absolute Gasteiger partial charge is 0.182 e. The third kappa shape index (κ3) is 2.53. The summed E-state index contributed by atoms with van der Waals surface area (Å²) in [6.45, 7) is 8.73. The Morgan fingerprint density at radius 1 is 0.714 bits per heavy atom. The van der Waals surface area contributed by atoms with Crippen molar-refractivity contribution in [2.45, 2.75) is 38.5 Å². The number of hydrogen-bond donors (Lipinski definition) is 0. The van der Waals surface area contributed by atoms with E-state index in [1.807, 2.05) is 26.2 Å². The first-order valence-electron chi connectivity index (χ1n) is 9.80. The number of para-hydroxylation sites is 2. The van der Waals surface area contributed by atoms with Crippen LogP contribution in [-0.4, -0.2) is 19.9 Å². The van der Waals surface area contributed by atoms with Crippen LogP contribution in [0.4, 0.5) is 11.4 Å². The van der Waals surface area contributed by atoms with E-state index in [0.29, 0.717) is 0 Å². The van der Waals surface area contributed by atoms with Gasteiger partial charge in [0.05, 0.1) is 0 Å². The summed E-state index contributed by atoms with van der Waals surface area (Å²) in [6.07, 6.45) is 3.61. The molecule has 0 N–H and O–H groups in total. The Morgan fingerprint density at radius 2 is 1.07 bits per heavy atom. The number of ketones is 1. The van der Waals surface area contributed by atoms with Gasteiger partial charge in [-0.1, -0.05) is 64.1 Å². The number of hydrogen-bond acceptors (Lipinski definition) is 3. The van der Waals surface area contributed by atoms with E-state index in [0.717, 1.165) is 11.4 Å². The van der Waals surface area contributed by atoms with Crippen LogP contribution in [0.3, 0.4) is 0 Å². The first kappa shape index (κ1) is 18.5. The lowest BCUT2D eigenvalue weighted by molar-refractivity contribution is -0.110. The Kier molecular flexibility index (Phi) is 4.04. The zero-order valence-corrected chi connectivity index (χ0v) is 17.6. The number of benzene rings is 2. The van der Waals surface area contributed by atoms with Gasteiger partial charge in [0.1, 0.15) is 0 Å².